The van der Waals surface area contributed by atoms with Gasteiger partial charge in [0.05, 0.1) is 10.5 Å². The molecule has 4 rings (SSSR count). The Hall–Kier alpha value is -2.38. The van der Waals surface area contributed by atoms with Crippen molar-refractivity contribution >= 4 is 24.0 Å². The van der Waals surface area contributed by atoms with Gasteiger partial charge in [-0.05, 0) is 37.5 Å². The van der Waals surface area contributed by atoms with Gasteiger partial charge in [-0.2, -0.15) is 0 Å². The van der Waals surface area contributed by atoms with Crippen LogP contribution in [0.15, 0.2) is 40.8 Å². The van der Waals surface area contributed by atoms with Crippen LogP contribution in [0.3, 0.4) is 0 Å². The van der Waals surface area contributed by atoms with E-state index in [1.807, 2.05) is 0 Å². The monoisotopic (exact) mass is 363 g/mol. The van der Waals surface area contributed by atoms with Crippen LogP contribution in [0.1, 0.15) is 29.8 Å². The van der Waals surface area contributed by atoms with Gasteiger partial charge in [-0.1, -0.05) is 12.1 Å². The molecule has 2 bridgehead atoms. The van der Waals surface area contributed by atoms with Gasteiger partial charge in [-0.25, -0.2) is 0 Å². The fourth-order valence-electron chi connectivity index (χ4n) is 3.67. The molecule has 2 aliphatic heterocycles. The van der Waals surface area contributed by atoms with Crippen molar-refractivity contribution in [1.82, 2.24) is 10.6 Å². The van der Waals surface area contributed by atoms with Crippen molar-refractivity contribution < 1.29 is 14.1 Å². The minimum atomic E-state index is -0.460. The highest BCUT2D eigenvalue weighted by atomic mass is 35.5. The normalized spacial score (nSPS) is 23.9. The van der Waals surface area contributed by atoms with Crippen LogP contribution >= 0.6 is 12.4 Å². The van der Waals surface area contributed by atoms with Crippen LogP contribution < -0.4 is 10.6 Å². The molecule has 0 saturated carbocycles. The standard InChI is InChI=1S/C17H17N3O4.ClH/c21-17(19-13-9-10-5-6-12(13)18-10)16-8-7-15(24-16)11-3-1-2-4-14(11)20(22)23;/h1-4,7-8,10,12-13,18H,5-6,9H2,(H,19,21);1H/t10?,12?,13-;/m1./s1. The first kappa shape index (κ1) is 17.4. The number of fused-ring (bicyclic) bond motifs is 2. The SMILES string of the molecule is Cl.O=C(N[C@@H]1CC2CCC1N2)c1ccc(-c2ccccc2[N+](=O)[O-])o1. The van der Waals surface area contributed by atoms with Crippen molar-refractivity contribution in [1.29, 1.82) is 0 Å². The van der Waals surface area contributed by atoms with Gasteiger partial charge in [0.15, 0.2) is 5.76 Å². The molecule has 2 aromatic rings. The number of rotatable bonds is 4. The van der Waals surface area contributed by atoms with Gasteiger partial charge in [0.1, 0.15) is 5.76 Å². The molecule has 132 valence electrons. The van der Waals surface area contributed by atoms with Crippen LogP contribution in [0, 0.1) is 10.1 Å². The molecule has 8 heteroatoms. The highest BCUT2D eigenvalue weighted by Gasteiger charge is 2.40. The molecule has 1 aromatic heterocycles. The Bertz CT molecular complexity index is 807. The molecule has 3 heterocycles. The van der Waals surface area contributed by atoms with Gasteiger partial charge in [0.2, 0.25) is 0 Å². The number of carbonyl (C=O) groups excluding carboxylic acids is 1. The number of nitrogens with zero attached hydrogens (tertiary/aromatic N) is 1. The third kappa shape index (κ3) is 3.25. The second kappa shape index (κ2) is 6.85. The summed E-state index contributed by atoms with van der Waals surface area (Å²) < 4.78 is 5.58. The van der Waals surface area contributed by atoms with Gasteiger partial charge in [0.25, 0.3) is 11.6 Å². The van der Waals surface area contributed by atoms with Crippen molar-refractivity contribution in [3.8, 4) is 11.3 Å². The maximum atomic E-state index is 12.4. The number of hydrogen-bond acceptors (Lipinski definition) is 5. The zero-order chi connectivity index (χ0) is 16.7. The third-order valence-corrected chi connectivity index (χ3v) is 4.81. The first-order valence-corrected chi connectivity index (χ1v) is 8.02. The second-order valence-corrected chi connectivity index (χ2v) is 6.30. The highest BCUT2D eigenvalue weighted by molar-refractivity contribution is 5.92. The molecule has 2 aliphatic rings. The molecular weight excluding hydrogens is 346 g/mol. The summed E-state index contributed by atoms with van der Waals surface area (Å²) in [6.07, 6.45) is 3.18. The maximum Gasteiger partial charge on any atom is 0.287 e. The first-order valence-electron chi connectivity index (χ1n) is 8.02. The number of para-hydroxylation sites is 1. The van der Waals surface area contributed by atoms with Crippen LogP contribution in [0.5, 0.6) is 0 Å². The van der Waals surface area contributed by atoms with Crippen LogP contribution in [0.2, 0.25) is 0 Å². The number of amides is 1. The average molecular weight is 364 g/mol. The molecule has 0 spiro atoms. The Balaban J connectivity index is 0.00000182. The number of hydrogen-bond donors (Lipinski definition) is 2. The lowest BCUT2D eigenvalue weighted by atomic mass is 9.95. The van der Waals surface area contributed by atoms with E-state index >= 15 is 0 Å². The Morgan fingerprint density at radius 3 is 2.72 bits per heavy atom. The van der Waals surface area contributed by atoms with E-state index in [0.717, 1.165) is 12.8 Å². The lowest BCUT2D eigenvalue weighted by molar-refractivity contribution is -0.384. The second-order valence-electron chi connectivity index (χ2n) is 6.30. The van der Waals surface area contributed by atoms with Gasteiger partial charge in [-0.3, -0.25) is 14.9 Å². The summed E-state index contributed by atoms with van der Waals surface area (Å²) >= 11 is 0. The minimum absolute atomic E-state index is 0. The molecule has 2 unspecified atom stereocenters. The molecule has 0 aliphatic carbocycles. The van der Waals surface area contributed by atoms with Crippen molar-refractivity contribution in [2.75, 3.05) is 0 Å². The Labute approximate surface area is 150 Å². The van der Waals surface area contributed by atoms with Crippen molar-refractivity contribution in [2.45, 2.75) is 37.4 Å². The molecule has 7 nitrogen and oxygen atoms in total. The molecule has 2 N–H and O–H groups in total. The quantitative estimate of drug-likeness (QED) is 0.643. The molecule has 2 saturated heterocycles. The zero-order valence-corrected chi connectivity index (χ0v) is 14.1. The van der Waals surface area contributed by atoms with Crippen LogP contribution in [0.4, 0.5) is 5.69 Å². The Morgan fingerprint density at radius 2 is 2.04 bits per heavy atom. The number of carbonyl (C=O) groups is 1. The highest BCUT2D eigenvalue weighted by Crippen LogP contribution is 2.31. The molecule has 1 amide bonds. The number of nitro groups is 1. The lowest BCUT2D eigenvalue weighted by Gasteiger charge is -2.20. The van der Waals surface area contributed by atoms with Crippen LogP contribution in [0.25, 0.3) is 11.3 Å². The summed E-state index contributed by atoms with van der Waals surface area (Å²) in [6.45, 7) is 0. The molecule has 0 radical (unpaired) electrons. The number of benzene rings is 1. The van der Waals surface area contributed by atoms with E-state index in [-0.39, 0.29) is 35.8 Å². The molecule has 3 atom stereocenters. The van der Waals surface area contributed by atoms with E-state index in [2.05, 4.69) is 10.6 Å². The van der Waals surface area contributed by atoms with E-state index in [1.165, 1.54) is 12.5 Å². The summed E-state index contributed by atoms with van der Waals surface area (Å²) in [6, 6.07) is 10.4. The summed E-state index contributed by atoms with van der Waals surface area (Å²) in [5.41, 5.74) is 0.319. The van der Waals surface area contributed by atoms with Gasteiger partial charge >= 0.3 is 0 Å². The number of furan rings is 1. The molecule has 2 fully saturated rings. The van der Waals surface area contributed by atoms with Crippen molar-refractivity contribution in [3.05, 3.63) is 52.3 Å². The van der Waals surface area contributed by atoms with Crippen LogP contribution in [-0.4, -0.2) is 29.0 Å². The van der Waals surface area contributed by atoms with Gasteiger partial charge in [0, 0.05) is 24.2 Å². The predicted octanol–water partition coefficient (Wildman–Crippen LogP) is 2.90. The number of halogens is 1. The van der Waals surface area contributed by atoms with Crippen LogP contribution in [-0.2, 0) is 0 Å². The zero-order valence-electron chi connectivity index (χ0n) is 13.3. The summed E-state index contributed by atoms with van der Waals surface area (Å²) in [5, 5.41) is 17.6. The Kier molecular flexibility index (Phi) is 4.78. The average Bonchev–Trinajstić information content (AvgIpc) is 3.31. The van der Waals surface area contributed by atoms with E-state index in [9.17, 15) is 14.9 Å². The summed E-state index contributed by atoms with van der Waals surface area (Å²) in [7, 11) is 0. The fourth-order valence-corrected chi connectivity index (χ4v) is 3.67. The van der Waals surface area contributed by atoms with E-state index in [0.29, 0.717) is 23.4 Å². The van der Waals surface area contributed by atoms with Crippen molar-refractivity contribution in [3.63, 3.8) is 0 Å². The maximum absolute atomic E-state index is 12.4. The van der Waals surface area contributed by atoms with Gasteiger partial charge in [-0.15, -0.1) is 12.4 Å². The number of nitrogens with one attached hydrogen (secondary N) is 2. The van der Waals surface area contributed by atoms with Gasteiger partial charge < -0.3 is 15.1 Å². The lowest BCUT2D eigenvalue weighted by Crippen LogP contribution is -2.42. The summed E-state index contributed by atoms with van der Waals surface area (Å²) in [4.78, 5) is 23.0. The predicted molar refractivity (Wildman–Crippen MR) is 93.9 cm³/mol. The number of nitro benzene ring substituents is 1. The first-order chi connectivity index (χ1) is 11.6. The third-order valence-electron chi connectivity index (χ3n) is 4.81. The smallest absolute Gasteiger partial charge is 0.287 e. The molecule has 1 aromatic carbocycles. The molecule has 25 heavy (non-hydrogen) atoms. The molecular formula is C17H18ClN3O4. The van der Waals surface area contributed by atoms with E-state index in [4.69, 9.17) is 4.42 Å². The van der Waals surface area contributed by atoms with E-state index in [1.54, 1.807) is 30.3 Å². The Morgan fingerprint density at radius 1 is 1.24 bits per heavy atom. The summed E-state index contributed by atoms with van der Waals surface area (Å²) in [5.74, 6) is 0.212. The minimum Gasteiger partial charge on any atom is -0.451 e. The van der Waals surface area contributed by atoms with E-state index < -0.39 is 4.92 Å². The largest absolute Gasteiger partial charge is 0.451 e. The fraction of sp³-hybridized carbons (Fsp3) is 0.353. The van der Waals surface area contributed by atoms with Crippen molar-refractivity contribution in [2.24, 2.45) is 0 Å². The topological polar surface area (TPSA) is 97.4 Å².